The molecule has 0 bridgehead atoms. The van der Waals surface area contributed by atoms with Gasteiger partial charge in [-0.3, -0.25) is 0 Å². The van der Waals surface area contributed by atoms with E-state index in [-0.39, 0.29) is 0 Å². The van der Waals surface area contributed by atoms with E-state index in [9.17, 15) is 9.90 Å². The molecule has 1 fully saturated rings. The number of nitrogens with zero attached hydrogens (tertiary/aromatic N) is 2. The number of rotatable bonds is 4. The Morgan fingerprint density at radius 1 is 1.37 bits per heavy atom. The van der Waals surface area contributed by atoms with Gasteiger partial charge in [-0.1, -0.05) is 6.92 Å². The Morgan fingerprint density at radius 3 is 2.47 bits per heavy atom. The largest absolute Gasteiger partial charge is 0.478 e. The van der Waals surface area contributed by atoms with Crippen LogP contribution in [0.1, 0.15) is 54.0 Å². The van der Waals surface area contributed by atoms with Gasteiger partial charge in [0, 0.05) is 30.5 Å². The number of carboxylic acid groups (broad SMARTS) is 1. The van der Waals surface area contributed by atoms with Crippen molar-refractivity contribution >= 4 is 5.97 Å². The molecular formula is C15H24N2O2. The van der Waals surface area contributed by atoms with E-state index in [0.717, 1.165) is 37.3 Å². The van der Waals surface area contributed by atoms with E-state index in [1.807, 2.05) is 13.8 Å². The average molecular weight is 264 g/mol. The van der Waals surface area contributed by atoms with Crippen molar-refractivity contribution in [1.29, 1.82) is 0 Å². The fraction of sp³-hybridized carbons (Fsp3) is 0.667. The topological polar surface area (TPSA) is 45.5 Å². The van der Waals surface area contributed by atoms with Crippen LogP contribution in [0.3, 0.4) is 0 Å². The van der Waals surface area contributed by atoms with E-state index >= 15 is 0 Å². The van der Waals surface area contributed by atoms with Gasteiger partial charge in [0.05, 0.1) is 5.56 Å². The molecule has 1 aliphatic rings. The summed E-state index contributed by atoms with van der Waals surface area (Å²) in [6, 6.07) is 2.26. The van der Waals surface area contributed by atoms with Crippen molar-refractivity contribution in [3.63, 3.8) is 0 Å². The predicted molar refractivity (Wildman–Crippen MR) is 75.9 cm³/mol. The number of piperidine rings is 1. The molecule has 1 aromatic heterocycles. The lowest BCUT2D eigenvalue weighted by molar-refractivity contribution is 0.0695. The van der Waals surface area contributed by atoms with Crippen LogP contribution in [-0.4, -0.2) is 40.2 Å². The normalized spacial score (nSPS) is 17.8. The Bertz CT molecular complexity index is 457. The van der Waals surface area contributed by atoms with Crippen LogP contribution in [0.4, 0.5) is 0 Å². The summed E-state index contributed by atoms with van der Waals surface area (Å²) in [7, 11) is 0. The van der Waals surface area contributed by atoms with Gasteiger partial charge < -0.3 is 14.6 Å². The number of aromatic nitrogens is 1. The molecular weight excluding hydrogens is 240 g/mol. The molecule has 0 unspecified atom stereocenters. The first-order valence-electron chi connectivity index (χ1n) is 7.18. The summed E-state index contributed by atoms with van der Waals surface area (Å²) in [4.78, 5) is 13.7. The molecule has 0 atom stereocenters. The summed E-state index contributed by atoms with van der Waals surface area (Å²) in [5.41, 5.74) is 2.43. The Morgan fingerprint density at radius 2 is 2.00 bits per heavy atom. The van der Waals surface area contributed by atoms with E-state index in [0.29, 0.717) is 11.6 Å². The Hall–Kier alpha value is -1.29. The van der Waals surface area contributed by atoms with E-state index < -0.39 is 5.97 Å². The number of aryl methyl sites for hydroxylation is 1. The molecule has 106 valence electrons. The van der Waals surface area contributed by atoms with Gasteiger partial charge in [-0.25, -0.2) is 4.79 Å². The van der Waals surface area contributed by atoms with E-state index in [1.165, 1.54) is 13.0 Å². The lowest BCUT2D eigenvalue weighted by atomic mass is 10.0. The summed E-state index contributed by atoms with van der Waals surface area (Å²) in [5, 5.41) is 9.19. The van der Waals surface area contributed by atoms with Crippen molar-refractivity contribution in [3.8, 4) is 0 Å². The maximum Gasteiger partial charge on any atom is 0.337 e. The first-order chi connectivity index (χ1) is 9.04. The summed E-state index contributed by atoms with van der Waals surface area (Å²) in [5.74, 6) is -0.817. The van der Waals surface area contributed by atoms with Gasteiger partial charge in [-0.15, -0.1) is 0 Å². The van der Waals surface area contributed by atoms with Gasteiger partial charge in [0.1, 0.15) is 0 Å². The molecule has 0 aromatic carbocycles. The maximum atomic E-state index is 11.2. The molecule has 0 spiro atoms. The van der Waals surface area contributed by atoms with Crippen LogP contribution in [0, 0.1) is 13.8 Å². The van der Waals surface area contributed by atoms with Gasteiger partial charge in [0.25, 0.3) is 0 Å². The van der Waals surface area contributed by atoms with Crippen molar-refractivity contribution in [2.45, 2.75) is 46.1 Å². The van der Waals surface area contributed by atoms with Crippen LogP contribution in [0.25, 0.3) is 0 Å². The van der Waals surface area contributed by atoms with Crippen molar-refractivity contribution in [2.75, 3.05) is 19.6 Å². The minimum Gasteiger partial charge on any atom is -0.478 e. The highest BCUT2D eigenvalue weighted by molar-refractivity contribution is 5.89. The number of hydrogen-bond donors (Lipinski definition) is 1. The zero-order valence-corrected chi connectivity index (χ0v) is 12.1. The highest BCUT2D eigenvalue weighted by Gasteiger charge is 2.24. The number of carbonyl (C=O) groups is 1. The first-order valence-corrected chi connectivity index (χ1v) is 7.18. The third-order valence-corrected chi connectivity index (χ3v) is 4.18. The van der Waals surface area contributed by atoms with Crippen molar-refractivity contribution in [2.24, 2.45) is 0 Å². The van der Waals surface area contributed by atoms with Gasteiger partial charge in [0.2, 0.25) is 0 Å². The van der Waals surface area contributed by atoms with Crippen LogP contribution in [0.15, 0.2) is 6.07 Å². The van der Waals surface area contributed by atoms with Gasteiger partial charge in [0.15, 0.2) is 0 Å². The van der Waals surface area contributed by atoms with Gasteiger partial charge in [-0.05, 0) is 45.7 Å². The summed E-state index contributed by atoms with van der Waals surface area (Å²) in [6.07, 6.45) is 3.44. The zero-order chi connectivity index (χ0) is 14.0. The van der Waals surface area contributed by atoms with Crippen LogP contribution in [0.2, 0.25) is 0 Å². The lowest BCUT2D eigenvalue weighted by Crippen LogP contribution is -2.35. The second kappa shape index (κ2) is 5.78. The van der Waals surface area contributed by atoms with Crippen molar-refractivity contribution in [3.05, 3.63) is 23.0 Å². The summed E-state index contributed by atoms with van der Waals surface area (Å²) in [6.45, 7) is 9.57. The molecule has 4 heteroatoms. The summed E-state index contributed by atoms with van der Waals surface area (Å²) < 4.78 is 2.23. The zero-order valence-electron chi connectivity index (χ0n) is 12.1. The molecule has 0 aliphatic carbocycles. The molecule has 0 amide bonds. The molecule has 19 heavy (non-hydrogen) atoms. The fourth-order valence-electron chi connectivity index (χ4n) is 3.27. The number of hydrogen-bond acceptors (Lipinski definition) is 2. The maximum absolute atomic E-state index is 11.2. The smallest absolute Gasteiger partial charge is 0.337 e. The average Bonchev–Trinajstić information content (AvgIpc) is 2.67. The Balaban J connectivity index is 2.13. The molecule has 2 heterocycles. The van der Waals surface area contributed by atoms with E-state index in [4.69, 9.17) is 0 Å². The monoisotopic (exact) mass is 264 g/mol. The van der Waals surface area contributed by atoms with Crippen molar-refractivity contribution < 1.29 is 9.90 Å². The number of carboxylic acids is 1. The molecule has 2 rings (SSSR count). The standard InChI is InChI=1S/C15H24N2O2/c1-4-7-16-8-5-13(6-9-16)17-11(2)10-14(12(17)3)15(18)19/h10,13H,4-9H2,1-3H3,(H,18,19). The van der Waals surface area contributed by atoms with Crippen LogP contribution >= 0.6 is 0 Å². The first kappa shape index (κ1) is 14.1. The number of likely N-dealkylation sites (tertiary alicyclic amines) is 1. The molecule has 0 saturated carbocycles. The Labute approximate surface area is 115 Å². The molecule has 1 aliphatic heterocycles. The van der Waals surface area contributed by atoms with Crippen molar-refractivity contribution in [1.82, 2.24) is 9.47 Å². The van der Waals surface area contributed by atoms with Crippen LogP contribution < -0.4 is 0 Å². The van der Waals surface area contributed by atoms with E-state index in [2.05, 4.69) is 16.4 Å². The SMILES string of the molecule is CCCN1CCC(n2c(C)cc(C(=O)O)c2C)CC1. The minimum atomic E-state index is -0.817. The predicted octanol–water partition coefficient (Wildman–Crippen LogP) is 2.85. The quantitative estimate of drug-likeness (QED) is 0.909. The molecule has 1 saturated heterocycles. The molecule has 4 nitrogen and oxygen atoms in total. The highest BCUT2D eigenvalue weighted by atomic mass is 16.4. The second-order valence-electron chi connectivity index (χ2n) is 5.53. The van der Waals surface area contributed by atoms with Crippen LogP contribution in [-0.2, 0) is 0 Å². The van der Waals surface area contributed by atoms with E-state index in [1.54, 1.807) is 6.07 Å². The third kappa shape index (κ3) is 2.84. The van der Waals surface area contributed by atoms with Crippen LogP contribution in [0.5, 0.6) is 0 Å². The highest BCUT2D eigenvalue weighted by Crippen LogP contribution is 2.28. The molecule has 0 radical (unpaired) electrons. The summed E-state index contributed by atoms with van der Waals surface area (Å²) >= 11 is 0. The Kier molecular flexibility index (Phi) is 4.30. The molecule has 1 N–H and O–H groups in total. The molecule has 1 aromatic rings. The number of aromatic carboxylic acids is 1. The third-order valence-electron chi connectivity index (χ3n) is 4.18. The second-order valence-corrected chi connectivity index (χ2v) is 5.53. The van der Waals surface area contributed by atoms with Gasteiger partial charge in [-0.2, -0.15) is 0 Å². The van der Waals surface area contributed by atoms with Gasteiger partial charge >= 0.3 is 5.97 Å². The lowest BCUT2D eigenvalue weighted by Gasteiger charge is -2.33. The minimum absolute atomic E-state index is 0.452. The fourth-order valence-corrected chi connectivity index (χ4v) is 3.27.